The highest BCUT2D eigenvalue weighted by Gasteiger charge is 2.43. The van der Waals surface area contributed by atoms with Gasteiger partial charge in [-0.15, -0.1) is 0 Å². The number of aryl methyl sites for hydroxylation is 1. The number of aromatic nitrogens is 4. The first kappa shape index (κ1) is 16.9. The molecule has 0 radical (unpaired) electrons. The van der Waals surface area contributed by atoms with Crippen LogP contribution in [0.2, 0.25) is 0 Å². The molecule has 7 heteroatoms. The predicted octanol–water partition coefficient (Wildman–Crippen LogP) is 3.16. The van der Waals surface area contributed by atoms with Crippen molar-refractivity contribution in [1.29, 1.82) is 0 Å². The van der Waals surface area contributed by atoms with E-state index in [2.05, 4.69) is 34.3 Å². The van der Waals surface area contributed by atoms with Crippen molar-refractivity contribution in [3.05, 3.63) is 62.8 Å². The number of nitrogens with zero attached hydrogens (tertiary/aromatic N) is 2. The van der Waals surface area contributed by atoms with E-state index in [1.807, 2.05) is 31.2 Å². The first-order valence-corrected chi connectivity index (χ1v) is 9.41. The maximum Gasteiger partial charge on any atom is 0.270 e. The number of ketones is 1. The molecule has 1 unspecified atom stereocenters. The second-order valence-electron chi connectivity index (χ2n) is 8.44. The molecule has 0 saturated heterocycles. The monoisotopic (exact) mass is 375 g/mol. The molecule has 0 bridgehead atoms. The van der Waals surface area contributed by atoms with Gasteiger partial charge in [-0.25, -0.2) is 9.97 Å². The smallest absolute Gasteiger partial charge is 0.270 e. The van der Waals surface area contributed by atoms with Gasteiger partial charge < -0.3 is 5.32 Å². The summed E-state index contributed by atoms with van der Waals surface area (Å²) in [5.41, 5.74) is 4.56. The summed E-state index contributed by atoms with van der Waals surface area (Å²) in [4.78, 5) is 35.3. The number of nitrogens with one attached hydrogen (secondary N) is 3. The Balaban J connectivity index is 1.80. The van der Waals surface area contributed by atoms with E-state index < -0.39 is 5.92 Å². The predicted molar refractivity (Wildman–Crippen MR) is 106 cm³/mol. The zero-order chi connectivity index (χ0) is 19.6. The van der Waals surface area contributed by atoms with Crippen LogP contribution in [0, 0.1) is 12.3 Å². The molecule has 1 aromatic carbocycles. The van der Waals surface area contributed by atoms with Gasteiger partial charge >= 0.3 is 0 Å². The lowest BCUT2D eigenvalue weighted by Gasteiger charge is -2.37. The number of H-pyrrole nitrogens is 2. The molecule has 2 aromatic heterocycles. The minimum absolute atomic E-state index is 0.0596. The molecule has 1 atom stereocenters. The van der Waals surface area contributed by atoms with E-state index in [-0.39, 0.29) is 16.8 Å². The Labute approximate surface area is 161 Å². The third-order valence-electron chi connectivity index (χ3n) is 5.64. The molecule has 142 valence electrons. The van der Waals surface area contributed by atoms with Gasteiger partial charge in [0.15, 0.2) is 5.78 Å². The lowest BCUT2D eigenvalue weighted by Crippen LogP contribution is -2.35. The number of benzene rings is 1. The highest BCUT2D eigenvalue weighted by Crippen LogP contribution is 2.47. The van der Waals surface area contributed by atoms with Crippen molar-refractivity contribution in [1.82, 2.24) is 20.2 Å². The molecule has 0 saturated carbocycles. The quantitative estimate of drug-likeness (QED) is 0.606. The second-order valence-corrected chi connectivity index (χ2v) is 8.44. The fourth-order valence-corrected chi connectivity index (χ4v) is 4.47. The molecule has 7 nitrogen and oxygen atoms in total. The minimum atomic E-state index is -0.526. The van der Waals surface area contributed by atoms with Crippen LogP contribution in [0.5, 0.6) is 0 Å². The van der Waals surface area contributed by atoms with Crippen molar-refractivity contribution >= 4 is 22.6 Å². The zero-order valence-electron chi connectivity index (χ0n) is 16.0. The van der Waals surface area contributed by atoms with Crippen molar-refractivity contribution in [3.63, 3.8) is 0 Å². The molecule has 1 aliphatic heterocycles. The summed E-state index contributed by atoms with van der Waals surface area (Å²) in [6, 6.07) is 7.64. The number of carbonyl (C=O) groups excluding carboxylic acids is 1. The highest BCUT2D eigenvalue weighted by molar-refractivity contribution is 6.01. The molecule has 5 rings (SSSR count). The third-order valence-corrected chi connectivity index (χ3v) is 5.64. The van der Waals surface area contributed by atoms with Gasteiger partial charge in [-0.1, -0.05) is 26.0 Å². The second kappa shape index (κ2) is 5.64. The Bertz CT molecular complexity index is 1230. The van der Waals surface area contributed by atoms with Crippen molar-refractivity contribution in [2.24, 2.45) is 5.41 Å². The largest absolute Gasteiger partial charge is 0.343 e. The fourth-order valence-electron chi connectivity index (χ4n) is 4.47. The lowest BCUT2D eigenvalue weighted by atomic mass is 9.70. The summed E-state index contributed by atoms with van der Waals surface area (Å²) in [5, 5.41) is 8.85. The first-order valence-electron chi connectivity index (χ1n) is 9.41. The Morgan fingerprint density at radius 2 is 1.75 bits per heavy atom. The van der Waals surface area contributed by atoms with E-state index >= 15 is 0 Å². The number of rotatable bonds is 1. The third kappa shape index (κ3) is 2.42. The average molecular weight is 375 g/mol. The molecule has 3 heterocycles. The Morgan fingerprint density at radius 1 is 1.04 bits per heavy atom. The number of anilines is 1. The van der Waals surface area contributed by atoms with Gasteiger partial charge in [-0.3, -0.25) is 19.8 Å². The number of Topliss-reactive ketones (excluding diaryl/α,β-unsaturated/α-hetero) is 1. The van der Waals surface area contributed by atoms with Crippen molar-refractivity contribution in [2.75, 3.05) is 5.32 Å². The van der Waals surface area contributed by atoms with Crippen LogP contribution in [0.15, 0.2) is 40.3 Å². The van der Waals surface area contributed by atoms with Gasteiger partial charge in [0.2, 0.25) is 0 Å². The molecular formula is C21H21N5O2. The average Bonchev–Trinajstić information content (AvgIpc) is 2.99. The Morgan fingerprint density at radius 3 is 2.50 bits per heavy atom. The van der Waals surface area contributed by atoms with Crippen LogP contribution < -0.4 is 10.9 Å². The van der Waals surface area contributed by atoms with Crippen LogP contribution in [0.25, 0.3) is 11.0 Å². The van der Waals surface area contributed by atoms with Crippen molar-refractivity contribution in [2.45, 2.75) is 39.5 Å². The van der Waals surface area contributed by atoms with Crippen molar-refractivity contribution in [3.8, 4) is 0 Å². The highest BCUT2D eigenvalue weighted by atomic mass is 16.1. The summed E-state index contributed by atoms with van der Waals surface area (Å²) in [7, 11) is 0. The van der Waals surface area contributed by atoms with Crippen LogP contribution in [0.1, 0.15) is 49.6 Å². The van der Waals surface area contributed by atoms with E-state index in [1.165, 1.54) is 0 Å². The Kier molecular flexibility index (Phi) is 3.41. The van der Waals surface area contributed by atoms with E-state index in [9.17, 15) is 9.59 Å². The standard InChI is InChI=1S/C21H21N5O2/c1-10-18(23-12-7-5-4-6-11(12)22-10)16-15-13(8-21(2,3)9-14(15)27)24-19-17(16)20(28)26-25-19/h4-7,16H,8-9H2,1-3H3,(H3,24,25,26,28). The maximum atomic E-state index is 13.2. The number of hydrogen-bond donors (Lipinski definition) is 3. The van der Waals surface area contributed by atoms with E-state index in [0.29, 0.717) is 29.1 Å². The molecular weight excluding hydrogens is 354 g/mol. The summed E-state index contributed by atoms with van der Waals surface area (Å²) >= 11 is 0. The van der Waals surface area contributed by atoms with Gasteiger partial charge in [0.25, 0.3) is 5.56 Å². The number of aromatic amines is 2. The number of hydrogen-bond acceptors (Lipinski definition) is 5. The fraction of sp³-hybridized carbons (Fsp3) is 0.333. The molecule has 1 aliphatic carbocycles. The Hall–Kier alpha value is -3.22. The number of allylic oxidation sites excluding steroid dienone is 2. The van der Waals surface area contributed by atoms with Crippen LogP contribution >= 0.6 is 0 Å². The van der Waals surface area contributed by atoms with Gasteiger partial charge in [0.05, 0.1) is 33.9 Å². The first-order chi connectivity index (χ1) is 13.3. The van der Waals surface area contributed by atoms with Gasteiger partial charge in [0, 0.05) is 17.7 Å². The molecule has 3 aromatic rings. The van der Waals surface area contributed by atoms with E-state index in [4.69, 9.17) is 4.98 Å². The zero-order valence-corrected chi connectivity index (χ0v) is 16.0. The summed E-state index contributed by atoms with van der Waals surface area (Å²) < 4.78 is 0. The van der Waals surface area contributed by atoms with Gasteiger partial charge in [-0.2, -0.15) is 0 Å². The SMILES string of the molecule is Cc1nc2ccccc2nc1C1C2=C(CC(C)(C)CC2=O)Nc2[nH][nH]c(=O)c21. The van der Waals surface area contributed by atoms with Crippen LogP contribution in [0.3, 0.4) is 0 Å². The molecule has 28 heavy (non-hydrogen) atoms. The molecule has 0 amide bonds. The van der Waals surface area contributed by atoms with Crippen LogP contribution in [-0.2, 0) is 4.79 Å². The maximum absolute atomic E-state index is 13.2. The number of carbonyl (C=O) groups is 1. The van der Waals surface area contributed by atoms with E-state index in [1.54, 1.807) is 0 Å². The summed E-state index contributed by atoms with van der Waals surface area (Å²) in [5.74, 6) is 0.139. The number of fused-ring (bicyclic) bond motifs is 2. The summed E-state index contributed by atoms with van der Waals surface area (Å²) in [6.07, 6.45) is 1.18. The van der Waals surface area contributed by atoms with Crippen LogP contribution in [0.4, 0.5) is 5.82 Å². The molecule has 0 fully saturated rings. The number of para-hydroxylation sites is 2. The summed E-state index contributed by atoms with van der Waals surface area (Å²) in [6.45, 7) is 6.05. The molecule has 0 spiro atoms. The van der Waals surface area contributed by atoms with Crippen molar-refractivity contribution < 1.29 is 4.79 Å². The topological polar surface area (TPSA) is 104 Å². The van der Waals surface area contributed by atoms with Gasteiger partial charge in [0.1, 0.15) is 5.82 Å². The van der Waals surface area contributed by atoms with Gasteiger partial charge in [-0.05, 0) is 30.9 Å². The molecule has 3 N–H and O–H groups in total. The van der Waals surface area contributed by atoms with E-state index in [0.717, 1.165) is 28.8 Å². The lowest BCUT2D eigenvalue weighted by molar-refractivity contribution is -0.118. The normalized spacial score (nSPS) is 20.7. The molecule has 2 aliphatic rings. The van der Waals surface area contributed by atoms with Crippen LogP contribution in [-0.4, -0.2) is 25.9 Å². The minimum Gasteiger partial charge on any atom is -0.343 e.